The van der Waals surface area contributed by atoms with Crippen LogP contribution in [-0.2, 0) is 11.3 Å². The van der Waals surface area contributed by atoms with Crippen molar-refractivity contribution in [3.63, 3.8) is 0 Å². The van der Waals surface area contributed by atoms with Gasteiger partial charge in [-0.15, -0.1) is 0 Å². The van der Waals surface area contributed by atoms with E-state index >= 15 is 0 Å². The van der Waals surface area contributed by atoms with Crippen molar-refractivity contribution in [2.24, 2.45) is 5.92 Å². The predicted octanol–water partition coefficient (Wildman–Crippen LogP) is 4.03. The van der Waals surface area contributed by atoms with E-state index in [2.05, 4.69) is 27.3 Å². The number of amides is 1. The van der Waals surface area contributed by atoms with Crippen molar-refractivity contribution in [3.8, 4) is 5.75 Å². The van der Waals surface area contributed by atoms with Gasteiger partial charge in [-0.3, -0.25) is 14.7 Å². The van der Waals surface area contributed by atoms with Gasteiger partial charge in [-0.1, -0.05) is 12.1 Å². The van der Waals surface area contributed by atoms with Gasteiger partial charge in [0.2, 0.25) is 5.91 Å². The molecule has 5 nitrogen and oxygen atoms in total. The summed E-state index contributed by atoms with van der Waals surface area (Å²) in [5.41, 5.74) is 3.01. The molecule has 27 heavy (non-hydrogen) atoms. The molecule has 1 N–H and O–H groups in total. The normalized spacial score (nSPS) is 15.5. The highest BCUT2D eigenvalue weighted by atomic mass is 16.5. The van der Waals surface area contributed by atoms with Crippen LogP contribution < -0.4 is 10.1 Å². The van der Waals surface area contributed by atoms with Crippen LogP contribution in [0.1, 0.15) is 37.1 Å². The highest BCUT2D eigenvalue weighted by molar-refractivity contribution is 5.90. The summed E-state index contributed by atoms with van der Waals surface area (Å²) in [5.74, 6) is 1.46. The van der Waals surface area contributed by atoms with Gasteiger partial charge < -0.3 is 10.1 Å². The molecule has 0 spiro atoms. The van der Waals surface area contributed by atoms with E-state index in [0.29, 0.717) is 12.3 Å². The minimum Gasteiger partial charge on any atom is -0.497 e. The van der Waals surface area contributed by atoms with Gasteiger partial charge in [0, 0.05) is 30.4 Å². The number of carbonyl (C=O) groups is 1. The zero-order chi connectivity index (χ0) is 19.1. The lowest BCUT2D eigenvalue weighted by molar-refractivity contribution is -0.116. The van der Waals surface area contributed by atoms with Crippen molar-refractivity contribution in [2.45, 2.75) is 39.2 Å². The maximum absolute atomic E-state index is 12.2. The number of nitrogens with one attached hydrogen (secondary N) is 1. The number of hydrogen-bond donors (Lipinski definition) is 1. The lowest BCUT2D eigenvalue weighted by Crippen LogP contribution is -2.33. The second-order valence-electron chi connectivity index (χ2n) is 7.31. The smallest absolute Gasteiger partial charge is 0.224 e. The molecule has 0 saturated carbocycles. The minimum atomic E-state index is 0.0784. The Hall–Kier alpha value is -2.40. The summed E-state index contributed by atoms with van der Waals surface area (Å²) in [6.45, 7) is 5.12. The molecule has 0 bridgehead atoms. The number of likely N-dealkylation sites (tertiary alicyclic amines) is 1. The third kappa shape index (κ3) is 6.07. The Balaban J connectivity index is 1.38. The average Bonchev–Trinajstić information content (AvgIpc) is 2.68. The molecule has 1 amide bonds. The lowest BCUT2D eigenvalue weighted by Gasteiger charge is -2.31. The van der Waals surface area contributed by atoms with Crippen molar-refractivity contribution in [2.75, 3.05) is 25.5 Å². The van der Waals surface area contributed by atoms with Crippen LogP contribution in [-0.4, -0.2) is 36.0 Å². The first-order valence-corrected chi connectivity index (χ1v) is 9.71. The number of nitrogens with zero attached hydrogens (tertiary/aromatic N) is 2. The number of aromatic nitrogens is 1. The number of benzene rings is 1. The van der Waals surface area contributed by atoms with E-state index < -0.39 is 0 Å². The summed E-state index contributed by atoms with van der Waals surface area (Å²) in [4.78, 5) is 19.3. The molecule has 3 rings (SSSR count). The van der Waals surface area contributed by atoms with Crippen LogP contribution in [0.15, 0.2) is 42.5 Å². The predicted molar refractivity (Wildman–Crippen MR) is 108 cm³/mol. The Morgan fingerprint density at radius 2 is 2.00 bits per heavy atom. The van der Waals surface area contributed by atoms with E-state index in [0.717, 1.165) is 61.7 Å². The number of pyridine rings is 1. The third-order valence-electron chi connectivity index (χ3n) is 5.17. The first kappa shape index (κ1) is 19.4. The number of aryl methyl sites for hydroxylation is 1. The van der Waals surface area contributed by atoms with E-state index in [1.807, 2.05) is 37.3 Å². The molecule has 0 aliphatic carbocycles. The summed E-state index contributed by atoms with van der Waals surface area (Å²) in [6.07, 6.45) is 3.82. The molecule has 2 heterocycles. The molecular formula is C22H29N3O2. The van der Waals surface area contributed by atoms with Gasteiger partial charge in [0.25, 0.3) is 0 Å². The Morgan fingerprint density at radius 1 is 1.22 bits per heavy atom. The molecule has 2 aromatic rings. The molecule has 0 atom stereocenters. The van der Waals surface area contributed by atoms with E-state index in [4.69, 9.17) is 4.74 Å². The Bertz CT molecular complexity index is 755. The first-order valence-electron chi connectivity index (χ1n) is 9.71. The van der Waals surface area contributed by atoms with Gasteiger partial charge in [0.15, 0.2) is 0 Å². The average molecular weight is 367 g/mol. The zero-order valence-electron chi connectivity index (χ0n) is 16.3. The quantitative estimate of drug-likeness (QED) is 0.803. The van der Waals surface area contributed by atoms with Crippen LogP contribution in [0, 0.1) is 12.8 Å². The monoisotopic (exact) mass is 367 g/mol. The fourth-order valence-corrected chi connectivity index (χ4v) is 3.61. The van der Waals surface area contributed by atoms with Crippen molar-refractivity contribution in [3.05, 3.63) is 53.9 Å². The van der Waals surface area contributed by atoms with Crippen LogP contribution in [0.2, 0.25) is 0 Å². The number of carbonyl (C=O) groups excluding carboxylic acids is 1. The van der Waals surface area contributed by atoms with Crippen molar-refractivity contribution in [1.29, 1.82) is 0 Å². The van der Waals surface area contributed by atoms with Gasteiger partial charge >= 0.3 is 0 Å². The maximum atomic E-state index is 12.2. The summed E-state index contributed by atoms with van der Waals surface area (Å²) in [7, 11) is 1.63. The van der Waals surface area contributed by atoms with E-state index in [1.165, 1.54) is 0 Å². The zero-order valence-corrected chi connectivity index (χ0v) is 16.3. The van der Waals surface area contributed by atoms with Crippen LogP contribution in [0.25, 0.3) is 0 Å². The van der Waals surface area contributed by atoms with Gasteiger partial charge in [-0.25, -0.2) is 0 Å². The maximum Gasteiger partial charge on any atom is 0.224 e. The largest absolute Gasteiger partial charge is 0.497 e. The summed E-state index contributed by atoms with van der Waals surface area (Å²) < 4.78 is 5.19. The second-order valence-corrected chi connectivity index (χ2v) is 7.31. The number of methoxy groups -OCH3 is 1. The molecule has 0 radical (unpaired) electrons. The highest BCUT2D eigenvalue weighted by Crippen LogP contribution is 2.23. The van der Waals surface area contributed by atoms with Crippen molar-refractivity contribution >= 4 is 11.6 Å². The molecule has 144 valence electrons. The fourth-order valence-electron chi connectivity index (χ4n) is 3.61. The molecule has 1 aliphatic rings. The Labute approximate surface area is 161 Å². The summed E-state index contributed by atoms with van der Waals surface area (Å²) >= 11 is 0. The Morgan fingerprint density at radius 3 is 2.74 bits per heavy atom. The molecular weight excluding hydrogens is 338 g/mol. The molecule has 1 aliphatic heterocycles. The number of piperidine rings is 1. The highest BCUT2D eigenvalue weighted by Gasteiger charge is 2.20. The molecule has 0 unspecified atom stereocenters. The number of ether oxygens (including phenoxy) is 1. The van der Waals surface area contributed by atoms with Crippen LogP contribution >= 0.6 is 0 Å². The molecule has 1 fully saturated rings. The molecule has 5 heteroatoms. The molecule has 1 aromatic heterocycles. The first-order chi connectivity index (χ1) is 13.1. The Kier molecular flexibility index (Phi) is 6.82. The SMILES string of the molecule is COc1cccc(NC(=O)CCC2CCN(Cc3cccc(C)n3)CC2)c1. The molecule has 1 saturated heterocycles. The summed E-state index contributed by atoms with van der Waals surface area (Å²) in [6, 6.07) is 13.7. The number of rotatable bonds is 7. The van der Waals surface area contributed by atoms with Gasteiger partial charge in [0.1, 0.15) is 5.75 Å². The van der Waals surface area contributed by atoms with Crippen molar-refractivity contribution in [1.82, 2.24) is 9.88 Å². The van der Waals surface area contributed by atoms with Gasteiger partial charge in [-0.2, -0.15) is 0 Å². The topological polar surface area (TPSA) is 54.5 Å². The van der Waals surface area contributed by atoms with Crippen LogP contribution in [0.5, 0.6) is 5.75 Å². The fraction of sp³-hybridized carbons (Fsp3) is 0.455. The van der Waals surface area contributed by atoms with Crippen LogP contribution in [0.4, 0.5) is 5.69 Å². The van der Waals surface area contributed by atoms with Gasteiger partial charge in [-0.05, 0) is 69.5 Å². The minimum absolute atomic E-state index is 0.0784. The van der Waals surface area contributed by atoms with Crippen LogP contribution in [0.3, 0.4) is 0 Å². The third-order valence-corrected chi connectivity index (χ3v) is 5.17. The number of anilines is 1. The molecule has 1 aromatic carbocycles. The summed E-state index contributed by atoms with van der Waals surface area (Å²) in [5, 5.41) is 2.97. The van der Waals surface area contributed by atoms with E-state index in [-0.39, 0.29) is 5.91 Å². The second kappa shape index (κ2) is 9.51. The van der Waals surface area contributed by atoms with Gasteiger partial charge in [0.05, 0.1) is 12.8 Å². The van der Waals surface area contributed by atoms with E-state index in [9.17, 15) is 4.79 Å². The number of hydrogen-bond acceptors (Lipinski definition) is 4. The van der Waals surface area contributed by atoms with Crippen molar-refractivity contribution < 1.29 is 9.53 Å². The lowest BCUT2D eigenvalue weighted by atomic mass is 9.92. The van der Waals surface area contributed by atoms with E-state index in [1.54, 1.807) is 7.11 Å². The standard InChI is InChI=1S/C22H29N3O2/c1-17-5-3-7-20(23-17)16-25-13-11-18(12-14-25)9-10-22(26)24-19-6-4-8-21(15-19)27-2/h3-8,15,18H,9-14,16H2,1-2H3,(H,24,26).